The third-order valence-corrected chi connectivity index (χ3v) is 5.12. The van der Waals surface area contributed by atoms with Crippen LogP contribution in [0.2, 0.25) is 0 Å². The zero-order valence-corrected chi connectivity index (χ0v) is 16.8. The Balaban J connectivity index is 0.00000261. The summed E-state index contributed by atoms with van der Waals surface area (Å²) in [5.41, 5.74) is 0.681. The Labute approximate surface area is 167 Å². The Morgan fingerprint density at radius 1 is 1.26 bits per heavy atom. The van der Waals surface area contributed by atoms with Crippen LogP contribution in [0.1, 0.15) is 43.0 Å². The molecule has 2 fully saturated rings. The molecule has 2 aliphatic heterocycles. The summed E-state index contributed by atoms with van der Waals surface area (Å²) in [4.78, 5) is 28.8. The zero-order chi connectivity index (χ0) is 18.4. The summed E-state index contributed by atoms with van der Waals surface area (Å²) in [7, 11) is 0. The lowest BCUT2D eigenvalue weighted by atomic mass is 10.0. The molecular weight excluding hydrogens is 366 g/mol. The van der Waals surface area contributed by atoms with Crippen LogP contribution in [0.5, 0.6) is 5.75 Å². The second-order valence-corrected chi connectivity index (χ2v) is 7.04. The largest absolute Gasteiger partial charge is 0.494 e. The maximum atomic E-state index is 12.9. The molecule has 1 unspecified atom stereocenters. The van der Waals surface area contributed by atoms with Gasteiger partial charge in [0.2, 0.25) is 5.91 Å². The average molecular weight is 396 g/mol. The number of amides is 2. The number of carbonyl (C=O) groups is 2. The molecule has 0 spiro atoms. The van der Waals surface area contributed by atoms with Crippen LogP contribution in [0.25, 0.3) is 0 Å². The van der Waals surface area contributed by atoms with E-state index in [1.807, 2.05) is 34.1 Å². The van der Waals surface area contributed by atoms with E-state index < -0.39 is 0 Å². The van der Waals surface area contributed by atoms with Gasteiger partial charge in [0, 0.05) is 37.8 Å². The van der Waals surface area contributed by atoms with Gasteiger partial charge in [-0.05, 0) is 43.5 Å². The molecule has 2 amide bonds. The number of benzene rings is 1. The highest BCUT2D eigenvalue weighted by Gasteiger charge is 2.31. The van der Waals surface area contributed by atoms with Gasteiger partial charge >= 0.3 is 0 Å². The maximum Gasteiger partial charge on any atom is 0.253 e. The monoisotopic (exact) mass is 395 g/mol. The molecule has 0 aliphatic carbocycles. The van der Waals surface area contributed by atoms with Gasteiger partial charge in [-0.15, -0.1) is 12.4 Å². The van der Waals surface area contributed by atoms with Gasteiger partial charge in [0.15, 0.2) is 0 Å². The van der Waals surface area contributed by atoms with Gasteiger partial charge < -0.3 is 19.9 Å². The molecule has 0 bridgehead atoms. The number of nitrogens with zero attached hydrogens (tertiary/aromatic N) is 2. The summed E-state index contributed by atoms with van der Waals surface area (Å²) in [5.74, 6) is 0.986. The first-order chi connectivity index (χ1) is 12.7. The third-order valence-electron chi connectivity index (χ3n) is 5.12. The van der Waals surface area contributed by atoms with Crippen molar-refractivity contribution in [1.82, 2.24) is 15.1 Å². The van der Waals surface area contributed by atoms with Gasteiger partial charge in [-0.3, -0.25) is 9.59 Å². The molecule has 1 aromatic carbocycles. The van der Waals surface area contributed by atoms with Crippen molar-refractivity contribution in [1.29, 1.82) is 0 Å². The van der Waals surface area contributed by atoms with Crippen molar-refractivity contribution in [2.75, 3.05) is 39.3 Å². The topological polar surface area (TPSA) is 61.9 Å². The normalized spacial score (nSPS) is 20.2. The van der Waals surface area contributed by atoms with E-state index >= 15 is 0 Å². The van der Waals surface area contributed by atoms with Crippen molar-refractivity contribution in [2.24, 2.45) is 0 Å². The van der Waals surface area contributed by atoms with Gasteiger partial charge in [-0.2, -0.15) is 0 Å². The number of piperazine rings is 1. The molecule has 2 aliphatic rings. The highest BCUT2D eigenvalue weighted by Crippen LogP contribution is 2.20. The lowest BCUT2D eigenvalue weighted by Crippen LogP contribution is -2.57. The Hall–Kier alpha value is -1.79. The van der Waals surface area contributed by atoms with Crippen molar-refractivity contribution >= 4 is 24.2 Å². The fourth-order valence-electron chi connectivity index (χ4n) is 3.61. The fourth-order valence-corrected chi connectivity index (χ4v) is 3.61. The molecule has 0 radical (unpaired) electrons. The van der Waals surface area contributed by atoms with Crippen molar-refractivity contribution in [3.05, 3.63) is 29.8 Å². The fraction of sp³-hybridized carbons (Fsp3) is 0.600. The predicted octanol–water partition coefficient (Wildman–Crippen LogP) is 2.32. The smallest absolute Gasteiger partial charge is 0.253 e. The minimum Gasteiger partial charge on any atom is -0.494 e. The maximum absolute atomic E-state index is 12.9. The van der Waals surface area contributed by atoms with Crippen LogP contribution in [0.15, 0.2) is 24.3 Å². The molecule has 1 N–H and O–H groups in total. The van der Waals surface area contributed by atoms with Crippen LogP contribution in [0, 0.1) is 0 Å². The van der Waals surface area contributed by atoms with E-state index in [9.17, 15) is 9.59 Å². The molecule has 3 rings (SSSR count). The number of carbonyl (C=O) groups excluding carboxylic acids is 2. The molecular formula is C20H30ClN3O3. The third kappa shape index (κ3) is 5.59. The van der Waals surface area contributed by atoms with Crippen LogP contribution in [-0.2, 0) is 4.79 Å². The summed E-state index contributed by atoms with van der Waals surface area (Å²) in [6.45, 7) is 6.18. The van der Waals surface area contributed by atoms with Crippen LogP contribution in [0.4, 0.5) is 0 Å². The summed E-state index contributed by atoms with van der Waals surface area (Å²) in [6, 6.07) is 7.54. The van der Waals surface area contributed by atoms with Crippen molar-refractivity contribution in [3.63, 3.8) is 0 Å². The van der Waals surface area contributed by atoms with Gasteiger partial charge in [0.1, 0.15) is 5.75 Å². The van der Waals surface area contributed by atoms with Gasteiger partial charge in [0.05, 0.1) is 13.2 Å². The summed E-state index contributed by atoms with van der Waals surface area (Å²) >= 11 is 0. The molecule has 7 heteroatoms. The molecule has 27 heavy (non-hydrogen) atoms. The van der Waals surface area contributed by atoms with E-state index in [0.717, 1.165) is 51.1 Å². The quantitative estimate of drug-likeness (QED) is 0.751. The number of likely N-dealkylation sites (tertiary alicyclic amines) is 1. The number of unbranched alkanes of at least 4 members (excludes halogenated alkanes) is 1. The molecule has 6 nitrogen and oxygen atoms in total. The predicted molar refractivity (Wildman–Crippen MR) is 108 cm³/mol. The highest BCUT2D eigenvalue weighted by molar-refractivity contribution is 5.94. The number of rotatable bonds is 6. The van der Waals surface area contributed by atoms with E-state index in [1.165, 1.54) is 0 Å². The number of nitrogens with one attached hydrogen (secondary N) is 1. The van der Waals surface area contributed by atoms with Gasteiger partial charge in [-0.1, -0.05) is 13.3 Å². The minimum absolute atomic E-state index is 0. The molecule has 2 heterocycles. The highest BCUT2D eigenvalue weighted by atomic mass is 35.5. The van der Waals surface area contributed by atoms with Gasteiger partial charge in [-0.25, -0.2) is 0 Å². The summed E-state index contributed by atoms with van der Waals surface area (Å²) in [5, 5.41) is 3.10. The van der Waals surface area contributed by atoms with Crippen LogP contribution < -0.4 is 10.1 Å². The van der Waals surface area contributed by atoms with Crippen molar-refractivity contribution in [3.8, 4) is 5.75 Å². The van der Waals surface area contributed by atoms with Crippen LogP contribution in [0.3, 0.4) is 0 Å². The van der Waals surface area contributed by atoms with E-state index in [1.54, 1.807) is 0 Å². The van der Waals surface area contributed by atoms with Gasteiger partial charge in [0.25, 0.3) is 5.91 Å². The Bertz CT molecular complexity index is 623. The molecule has 2 saturated heterocycles. The number of ether oxygens (including phenoxy) is 1. The summed E-state index contributed by atoms with van der Waals surface area (Å²) in [6.07, 6.45) is 4.04. The standard InChI is InChI=1S/C20H29N3O3.ClH/c1-2-3-13-26-18-8-6-16(7-9-18)20(25)22-11-4-5-17(15-22)23-12-10-21-14-19(23)24;/h6-9,17,21H,2-5,10-15H2,1H3;1H. The van der Waals surface area contributed by atoms with Crippen molar-refractivity contribution < 1.29 is 14.3 Å². The Morgan fingerprint density at radius 2 is 2.04 bits per heavy atom. The first kappa shape index (κ1) is 21.5. The zero-order valence-electron chi connectivity index (χ0n) is 16.0. The SMILES string of the molecule is CCCCOc1ccc(C(=O)N2CCCC(N3CCNCC3=O)C2)cc1.Cl. The van der Waals surface area contributed by atoms with E-state index in [-0.39, 0.29) is 30.3 Å². The van der Waals surface area contributed by atoms with Crippen LogP contribution >= 0.6 is 12.4 Å². The molecule has 150 valence electrons. The van der Waals surface area contributed by atoms with Crippen molar-refractivity contribution in [2.45, 2.75) is 38.6 Å². The molecule has 1 atom stereocenters. The molecule has 1 aromatic rings. The number of hydrogen-bond donors (Lipinski definition) is 1. The second kappa shape index (κ2) is 10.5. The number of hydrogen-bond acceptors (Lipinski definition) is 4. The number of piperidine rings is 1. The number of halogens is 1. The van der Waals surface area contributed by atoms with E-state index in [0.29, 0.717) is 25.3 Å². The van der Waals surface area contributed by atoms with E-state index in [2.05, 4.69) is 12.2 Å². The first-order valence-electron chi connectivity index (χ1n) is 9.71. The Morgan fingerprint density at radius 3 is 2.74 bits per heavy atom. The molecule has 0 aromatic heterocycles. The lowest BCUT2D eigenvalue weighted by Gasteiger charge is -2.41. The summed E-state index contributed by atoms with van der Waals surface area (Å²) < 4.78 is 5.66. The average Bonchev–Trinajstić information content (AvgIpc) is 2.69. The first-order valence-corrected chi connectivity index (χ1v) is 9.71. The molecule has 0 saturated carbocycles. The Kier molecular flexibility index (Phi) is 8.38. The minimum atomic E-state index is 0. The second-order valence-electron chi connectivity index (χ2n) is 7.04. The van der Waals surface area contributed by atoms with E-state index in [4.69, 9.17) is 4.74 Å². The lowest BCUT2D eigenvalue weighted by molar-refractivity contribution is -0.135. The van der Waals surface area contributed by atoms with Crippen LogP contribution in [-0.4, -0.2) is 67.0 Å².